The molecule has 2 saturated heterocycles. The summed E-state index contributed by atoms with van der Waals surface area (Å²) in [5.41, 5.74) is 2.68. The summed E-state index contributed by atoms with van der Waals surface area (Å²) < 4.78 is 28.0. The molecule has 2 aliphatic heterocycles. The third kappa shape index (κ3) is 5.03. The van der Waals surface area contributed by atoms with Crippen LogP contribution in [0.4, 0.5) is 4.39 Å². The Hall–Kier alpha value is -3.01. The Bertz CT molecular complexity index is 1290. The molecule has 2 fully saturated rings. The maximum absolute atomic E-state index is 14.7. The van der Waals surface area contributed by atoms with Gasteiger partial charge in [-0.2, -0.15) is 5.10 Å². The minimum atomic E-state index is -0.465. The van der Waals surface area contributed by atoms with Gasteiger partial charge >= 0.3 is 0 Å². The number of ether oxygens (including phenoxy) is 2. The fourth-order valence-corrected chi connectivity index (χ4v) is 5.41. The fourth-order valence-electron chi connectivity index (χ4n) is 4.14. The number of amides is 1. The van der Waals surface area contributed by atoms with E-state index in [1.54, 1.807) is 27.8 Å². The van der Waals surface area contributed by atoms with Crippen molar-refractivity contribution in [2.24, 2.45) is 0 Å². The van der Waals surface area contributed by atoms with Gasteiger partial charge in [0.25, 0.3) is 5.91 Å². The number of hydrogen-bond donors (Lipinski definition) is 0. The largest absolute Gasteiger partial charge is 0.491 e. The highest BCUT2D eigenvalue weighted by molar-refractivity contribution is 8.26. The number of benzene rings is 2. The van der Waals surface area contributed by atoms with E-state index in [4.69, 9.17) is 26.8 Å². The topological polar surface area (TPSA) is 56.6 Å². The van der Waals surface area contributed by atoms with Crippen molar-refractivity contribution in [3.05, 3.63) is 71.0 Å². The lowest BCUT2D eigenvalue weighted by Crippen LogP contribution is -2.35. The van der Waals surface area contributed by atoms with Gasteiger partial charge in [-0.15, -0.1) is 0 Å². The van der Waals surface area contributed by atoms with Crippen LogP contribution < -0.4 is 4.74 Å². The minimum absolute atomic E-state index is 0.0140. The molecule has 0 aliphatic carbocycles. The number of nitrogens with zero attached hydrogens (tertiary/aromatic N) is 3. The molecule has 0 saturated carbocycles. The first-order valence-corrected chi connectivity index (χ1v) is 12.7. The van der Waals surface area contributed by atoms with Crippen LogP contribution in [0.3, 0.4) is 0 Å². The van der Waals surface area contributed by atoms with Gasteiger partial charge in [-0.3, -0.25) is 9.69 Å². The third-order valence-corrected chi connectivity index (χ3v) is 7.22. The van der Waals surface area contributed by atoms with Gasteiger partial charge in [0.2, 0.25) is 0 Å². The van der Waals surface area contributed by atoms with Crippen LogP contribution in [0.15, 0.2) is 59.6 Å². The Balaban J connectivity index is 1.52. The minimum Gasteiger partial charge on any atom is -0.491 e. The lowest BCUT2D eigenvalue weighted by Gasteiger charge is -2.18. The van der Waals surface area contributed by atoms with Crippen LogP contribution in [0, 0.1) is 5.82 Å². The van der Waals surface area contributed by atoms with Crippen molar-refractivity contribution in [3.63, 3.8) is 0 Å². The van der Waals surface area contributed by atoms with E-state index in [0.29, 0.717) is 39.2 Å². The van der Waals surface area contributed by atoms with Crippen LogP contribution in [0.2, 0.25) is 0 Å². The fraction of sp³-hybridized carbons (Fsp3) is 0.269. The zero-order valence-corrected chi connectivity index (χ0v) is 20.8. The number of aromatic nitrogens is 2. The van der Waals surface area contributed by atoms with E-state index in [0.717, 1.165) is 25.1 Å². The van der Waals surface area contributed by atoms with Gasteiger partial charge in [-0.05, 0) is 56.2 Å². The number of rotatable bonds is 7. The van der Waals surface area contributed by atoms with E-state index in [1.165, 1.54) is 17.8 Å². The van der Waals surface area contributed by atoms with E-state index >= 15 is 0 Å². The standard InChI is InChI=1S/C26H24FN3O3S2/c1-2-32-22-11-10-17(13-21(22)27)24-18(15-30(28-24)19-7-4-3-5-8-19)14-23-25(31)29(26(34)35-23)16-20-9-6-12-33-20/h3-5,7-8,10-11,13-15,20H,2,6,9,12,16H2,1H3/b23-14-. The number of halogens is 1. The molecule has 1 aromatic heterocycles. The van der Waals surface area contributed by atoms with Gasteiger partial charge < -0.3 is 9.47 Å². The Morgan fingerprint density at radius 2 is 2.11 bits per heavy atom. The van der Waals surface area contributed by atoms with E-state index in [1.807, 2.05) is 43.5 Å². The molecule has 180 valence electrons. The van der Waals surface area contributed by atoms with Crippen molar-refractivity contribution in [3.8, 4) is 22.7 Å². The highest BCUT2D eigenvalue weighted by atomic mass is 32.2. The van der Waals surface area contributed by atoms with Crippen molar-refractivity contribution in [1.82, 2.24) is 14.7 Å². The highest BCUT2D eigenvalue weighted by Gasteiger charge is 2.35. The van der Waals surface area contributed by atoms with Crippen LogP contribution in [-0.4, -0.2) is 50.8 Å². The zero-order chi connectivity index (χ0) is 24.4. The molecule has 1 atom stereocenters. The molecule has 3 heterocycles. The Labute approximate surface area is 212 Å². The van der Waals surface area contributed by atoms with Crippen LogP contribution in [0.1, 0.15) is 25.3 Å². The third-order valence-electron chi connectivity index (χ3n) is 5.84. The molecule has 0 radical (unpaired) electrons. The van der Waals surface area contributed by atoms with Gasteiger partial charge in [-0.1, -0.05) is 42.2 Å². The maximum atomic E-state index is 14.7. The summed E-state index contributed by atoms with van der Waals surface area (Å²) in [6.45, 7) is 3.36. The second kappa shape index (κ2) is 10.3. The predicted molar refractivity (Wildman–Crippen MR) is 139 cm³/mol. The summed E-state index contributed by atoms with van der Waals surface area (Å²) in [5.74, 6) is -0.422. The summed E-state index contributed by atoms with van der Waals surface area (Å²) in [5, 5.41) is 4.73. The van der Waals surface area contributed by atoms with Gasteiger partial charge in [0.1, 0.15) is 10.0 Å². The highest BCUT2D eigenvalue weighted by Crippen LogP contribution is 2.36. The molecular formula is C26H24FN3O3S2. The van der Waals surface area contributed by atoms with Crippen LogP contribution in [0.25, 0.3) is 23.0 Å². The summed E-state index contributed by atoms with van der Waals surface area (Å²) in [6, 6.07) is 14.4. The summed E-state index contributed by atoms with van der Waals surface area (Å²) in [4.78, 5) is 15.3. The SMILES string of the molecule is CCOc1ccc(-c2nn(-c3ccccc3)cc2/C=C2\SC(=S)N(CC3CCCO3)C2=O)cc1F. The van der Waals surface area contributed by atoms with Crippen molar-refractivity contribution in [2.45, 2.75) is 25.9 Å². The molecule has 1 unspecified atom stereocenters. The van der Waals surface area contributed by atoms with Gasteiger partial charge in [0, 0.05) is 23.9 Å². The van der Waals surface area contributed by atoms with Crippen LogP contribution in [0.5, 0.6) is 5.75 Å². The van der Waals surface area contributed by atoms with E-state index in [2.05, 4.69) is 0 Å². The quantitative estimate of drug-likeness (QED) is 0.312. The predicted octanol–water partition coefficient (Wildman–Crippen LogP) is 5.46. The first-order valence-electron chi connectivity index (χ1n) is 11.5. The number of carbonyl (C=O) groups is 1. The molecule has 2 aromatic carbocycles. The van der Waals surface area contributed by atoms with Gasteiger partial charge in [-0.25, -0.2) is 9.07 Å². The van der Waals surface area contributed by atoms with E-state index < -0.39 is 5.82 Å². The lowest BCUT2D eigenvalue weighted by atomic mass is 10.1. The first kappa shape index (κ1) is 23.7. The Kier molecular flexibility index (Phi) is 6.99. The molecule has 35 heavy (non-hydrogen) atoms. The van der Waals surface area contributed by atoms with Crippen molar-refractivity contribution >= 4 is 40.3 Å². The number of para-hydroxylation sites is 1. The normalized spacial score (nSPS) is 19.2. The maximum Gasteiger partial charge on any atom is 0.266 e. The zero-order valence-electron chi connectivity index (χ0n) is 19.1. The molecule has 1 amide bonds. The number of hydrogen-bond acceptors (Lipinski definition) is 6. The Morgan fingerprint density at radius 3 is 2.83 bits per heavy atom. The van der Waals surface area contributed by atoms with Crippen molar-refractivity contribution in [1.29, 1.82) is 0 Å². The average molecular weight is 510 g/mol. The molecule has 0 spiro atoms. The molecule has 9 heteroatoms. The molecular weight excluding hydrogens is 485 g/mol. The summed E-state index contributed by atoms with van der Waals surface area (Å²) in [7, 11) is 0. The number of carbonyl (C=O) groups excluding carboxylic acids is 1. The monoisotopic (exact) mass is 509 g/mol. The summed E-state index contributed by atoms with van der Waals surface area (Å²) in [6.07, 6.45) is 5.56. The molecule has 0 N–H and O–H groups in total. The number of thiocarbonyl (C=S) groups is 1. The lowest BCUT2D eigenvalue weighted by molar-refractivity contribution is -0.123. The average Bonchev–Trinajstić information content (AvgIpc) is 3.59. The van der Waals surface area contributed by atoms with Crippen molar-refractivity contribution in [2.75, 3.05) is 19.8 Å². The summed E-state index contributed by atoms with van der Waals surface area (Å²) >= 11 is 6.76. The van der Waals surface area contributed by atoms with E-state index in [9.17, 15) is 9.18 Å². The smallest absolute Gasteiger partial charge is 0.266 e. The molecule has 2 aliphatic rings. The van der Waals surface area contributed by atoms with Crippen LogP contribution >= 0.6 is 24.0 Å². The molecule has 6 nitrogen and oxygen atoms in total. The first-order chi connectivity index (χ1) is 17.0. The van der Waals surface area contributed by atoms with E-state index in [-0.39, 0.29) is 17.8 Å². The van der Waals surface area contributed by atoms with Crippen molar-refractivity contribution < 1.29 is 18.7 Å². The number of thioether (sulfide) groups is 1. The van der Waals surface area contributed by atoms with Gasteiger partial charge in [0.15, 0.2) is 11.6 Å². The Morgan fingerprint density at radius 1 is 1.29 bits per heavy atom. The molecule has 5 rings (SSSR count). The van der Waals surface area contributed by atoms with Gasteiger partial charge in [0.05, 0.1) is 29.8 Å². The second-order valence-electron chi connectivity index (χ2n) is 8.22. The van der Waals surface area contributed by atoms with Crippen LogP contribution in [-0.2, 0) is 9.53 Å². The second-order valence-corrected chi connectivity index (χ2v) is 9.89. The molecule has 0 bridgehead atoms. The molecule has 3 aromatic rings.